The van der Waals surface area contributed by atoms with Crippen molar-refractivity contribution in [3.63, 3.8) is 0 Å². The van der Waals surface area contributed by atoms with E-state index in [-0.39, 0.29) is 34.5 Å². The minimum absolute atomic E-state index is 0.0564. The van der Waals surface area contributed by atoms with Gasteiger partial charge >= 0.3 is 6.18 Å². The normalized spacial score (nSPS) is 16.0. The van der Waals surface area contributed by atoms with Gasteiger partial charge in [-0.15, -0.1) is 0 Å². The summed E-state index contributed by atoms with van der Waals surface area (Å²) < 4.78 is 52.3. The van der Waals surface area contributed by atoms with E-state index in [0.717, 1.165) is 23.9 Å². The second-order valence-corrected chi connectivity index (χ2v) is 7.90. The summed E-state index contributed by atoms with van der Waals surface area (Å²) in [6.45, 7) is 0. The summed E-state index contributed by atoms with van der Waals surface area (Å²) in [5, 5.41) is 2.74. The van der Waals surface area contributed by atoms with Crippen LogP contribution in [0.3, 0.4) is 0 Å². The van der Waals surface area contributed by atoms with Gasteiger partial charge in [0.2, 0.25) is 5.91 Å². The molecule has 1 amide bonds. The van der Waals surface area contributed by atoms with Gasteiger partial charge in [0.25, 0.3) is 5.56 Å². The number of thioether (sulfide) groups is 1. The average molecular weight is 449 g/mol. The van der Waals surface area contributed by atoms with Gasteiger partial charge in [0.1, 0.15) is 11.6 Å². The molecule has 0 saturated heterocycles. The van der Waals surface area contributed by atoms with Crippen LogP contribution in [0.2, 0.25) is 0 Å². The lowest BCUT2D eigenvalue weighted by molar-refractivity contribution is -0.137. The number of benzene rings is 2. The predicted octanol–water partition coefficient (Wildman–Crippen LogP) is 4.69. The van der Waals surface area contributed by atoms with Crippen LogP contribution in [0.15, 0.2) is 58.5 Å². The summed E-state index contributed by atoms with van der Waals surface area (Å²) >= 11 is 1.09. The fraction of sp³-hybridized carbons (Fsp3) is 0.190. The van der Waals surface area contributed by atoms with Crippen LogP contribution in [0.25, 0.3) is 0 Å². The molecule has 10 heteroatoms. The molecule has 0 spiro atoms. The molecule has 3 aromatic rings. The van der Waals surface area contributed by atoms with E-state index in [1.165, 1.54) is 18.2 Å². The van der Waals surface area contributed by atoms with Crippen LogP contribution in [0.1, 0.15) is 34.6 Å². The van der Waals surface area contributed by atoms with Crippen molar-refractivity contribution in [2.75, 3.05) is 5.32 Å². The van der Waals surface area contributed by atoms with Crippen LogP contribution in [-0.2, 0) is 16.7 Å². The first-order valence-corrected chi connectivity index (χ1v) is 10.2. The number of carbonyl (C=O) groups is 1. The molecule has 4 rings (SSSR count). The Kier molecular flexibility index (Phi) is 5.57. The number of halogens is 4. The number of H-pyrrole nitrogens is 1. The maximum absolute atomic E-state index is 13.8. The summed E-state index contributed by atoms with van der Waals surface area (Å²) in [4.78, 5) is 31.8. The highest BCUT2D eigenvalue weighted by Gasteiger charge is 2.33. The fourth-order valence-electron chi connectivity index (χ4n) is 3.37. The van der Waals surface area contributed by atoms with E-state index in [9.17, 15) is 27.2 Å². The Bertz CT molecular complexity index is 1190. The zero-order chi connectivity index (χ0) is 22.2. The van der Waals surface area contributed by atoms with Crippen LogP contribution < -0.4 is 10.9 Å². The number of hydrogen-bond acceptors (Lipinski definition) is 4. The van der Waals surface area contributed by atoms with E-state index in [2.05, 4.69) is 15.3 Å². The molecule has 31 heavy (non-hydrogen) atoms. The van der Waals surface area contributed by atoms with Crippen LogP contribution in [0.4, 0.5) is 23.4 Å². The highest BCUT2D eigenvalue weighted by molar-refractivity contribution is 7.98. The molecule has 5 nitrogen and oxygen atoms in total. The number of aromatic nitrogens is 2. The minimum Gasteiger partial charge on any atom is -0.310 e. The molecular weight excluding hydrogens is 434 g/mol. The van der Waals surface area contributed by atoms with Crippen LogP contribution in [0, 0.1) is 5.82 Å². The number of aromatic amines is 1. The third kappa shape index (κ3) is 4.48. The van der Waals surface area contributed by atoms with Gasteiger partial charge in [-0.25, -0.2) is 9.37 Å². The van der Waals surface area contributed by atoms with E-state index in [4.69, 9.17) is 0 Å². The Balaban J connectivity index is 1.64. The fourth-order valence-corrected chi connectivity index (χ4v) is 4.22. The van der Waals surface area contributed by atoms with Crippen molar-refractivity contribution in [1.29, 1.82) is 0 Å². The number of rotatable bonds is 4. The van der Waals surface area contributed by atoms with Crippen LogP contribution >= 0.6 is 11.8 Å². The highest BCUT2D eigenvalue weighted by Crippen LogP contribution is 2.36. The molecule has 2 N–H and O–H groups in total. The molecule has 0 bridgehead atoms. The van der Waals surface area contributed by atoms with Gasteiger partial charge in [-0.05, 0) is 29.3 Å². The SMILES string of the molecule is O=C1CC(c2ccc(C(F)(F)F)cc2)c2c(nc(SCc3ccccc3F)[nH]c2=O)N1. The van der Waals surface area contributed by atoms with Crippen molar-refractivity contribution in [2.24, 2.45) is 0 Å². The molecule has 2 heterocycles. The Morgan fingerprint density at radius 1 is 1.06 bits per heavy atom. The Morgan fingerprint density at radius 2 is 1.77 bits per heavy atom. The molecule has 1 atom stereocenters. The predicted molar refractivity (Wildman–Crippen MR) is 107 cm³/mol. The number of amides is 1. The van der Waals surface area contributed by atoms with Gasteiger partial charge in [-0.2, -0.15) is 13.2 Å². The van der Waals surface area contributed by atoms with Crippen molar-refractivity contribution in [3.8, 4) is 0 Å². The molecule has 0 radical (unpaired) electrons. The van der Waals surface area contributed by atoms with E-state index >= 15 is 0 Å². The highest BCUT2D eigenvalue weighted by atomic mass is 32.2. The maximum atomic E-state index is 13.8. The molecule has 1 aliphatic rings. The van der Waals surface area contributed by atoms with Gasteiger partial charge in [-0.3, -0.25) is 9.59 Å². The number of hydrogen-bond donors (Lipinski definition) is 2. The summed E-state index contributed by atoms with van der Waals surface area (Å²) in [5.74, 6) is -1.25. The number of nitrogens with zero attached hydrogens (tertiary/aromatic N) is 1. The van der Waals surface area contributed by atoms with Gasteiger partial charge in [-0.1, -0.05) is 42.1 Å². The summed E-state index contributed by atoms with van der Waals surface area (Å²) in [7, 11) is 0. The first-order valence-electron chi connectivity index (χ1n) is 9.20. The summed E-state index contributed by atoms with van der Waals surface area (Å²) in [6.07, 6.45) is -4.57. The number of fused-ring (bicyclic) bond motifs is 1. The van der Waals surface area contributed by atoms with Crippen molar-refractivity contribution < 1.29 is 22.4 Å². The molecule has 0 saturated carbocycles. The Hall–Kier alpha value is -3.14. The molecule has 0 aliphatic carbocycles. The van der Waals surface area contributed by atoms with E-state index in [1.54, 1.807) is 18.2 Å². The number of nitrogens with one attached hydrogen (secondary N) is 2. The monoisotopic (exact) mass is 449 g/mol. The standard InChI is InChI=1S/C21H15F4N3O2S/c22-15-4-2-1-3-12(15)10-31-20-27-18-17(19(30)28-20)14(9-16(29)26-18)11-5-7-13(8-6-11)21(23,24)25/h1-8,14H,9-10H2,(H2,26,27,28,29,30). The van der Waals surface area contributed by atoms with E-state index in [1.807, 2.05) is 0 Å². The topological polar surface area (TPSA) is 74.8 Å². The quantitative estimate of drug-likeness (QED) is 0.344. The van der Waals surface area contributed by atoms with Crippen molar-refractivity contribution in [2.45, 2.75) is 29.4 Å². The van der Waals surface area contributed by atoms with Crippen LogP contribution in [-0.4, -0.2) is 15.9 Å². The lowest BCUT2D eigenvalue weighted by atomic mass is 9.86. The summed E-state index contributed by atoms with van der Waals surface area (Å²) in [6, 6.07) is 10.6. The number of carbonyl (C=O) groups excluding carboxylic acids is 1. The first-order chi connectivity index (χ1) is 14.7. The third-order valence-electron chi connectivity index (χ3n) is 4.89. The summed E-state index contributed by atoms with van der Waals surface area (Å²) in [5.41, 5.74) is -0.313. The zero-order valence-corrected chi connectivity index (χ0v) is 16.6. The van der Waals surface area contributed by atoms with E-state index < -0.39 is 29.1 Å². The van der Waals surface area contributed by atoms with Gasteiger partial charge in [0, 0.05) is 18.1 Å². The molecule has 1 unspecified atom stereocenters. The van der Waals surface area contributed by atoms with Crippen molar-refractivity contribution in [1.82, 2.24) is 9.97 Å². The maximum Gasteiger partial charge on any atom is 0.416 e. The molecule has 1 aromatic heterocycles. The molecular formula is C21H15F4N3O2S. The zero-order valence-electron chi connectivity index (χ0n) is 15.8. The lowest BCUT2D eigenvalue weighted by Gasteiger charge is -2.24. The first kappa shape index (κ1) is 21.1. The number of anilines is 1. The second-order valence-electron chi connectivity index (χ2n) is 6.94. The second kappa shape index (κ2) is 8.18. The largest absolute Gasteiger partial charge is 0.416 e. The van der Waals surface area contributed by atoms with Crippen molar-refractivity contribution in [3.05, 3.63) is 87.0 Å². The molecule has 1 aliphatic heterocycles. The molecule has 0 fully saturated rings. The Labute approximate surface area is 177 Å². The van der Waals surface area contributed by atoms with E-state index in [0.29, 0.717) is 11.1 Å². The minimum atomic E-state index is -4.48. The molecule has 160 valence electrons. The molecule has 2 aromatic carbocycles. The Morgan fingerprint density at radius 3 is 2.45 bits per heavy atom. The smallest absolute Gasteiger partial charge is 0.310 e. The van der Waals surface area contributed by atoms with Gasteiger partial charge < -0.3 is 10.3 Å². The average Bonchev–Trinajstić information content (AvgIpc) is 2.72. The lowest BCUT2D eigenvalue weighted by Crippen LogP contribution is -2.31. The van der Waals surface area contributed by atoms with Gasteiger partial charge in [0.15, 0.2) is 5.16 Å². The van der Waals surface area contributed by atoms with Crippen molar-refractivity contribution >= 4 is 23.5 Å². The van der Waals surface area contributed by atoms with Crippen LogP contribution in [0.5, 0.6) is 0 Å². The third-order valence-corrected chi connectivity index (χ3v) is 5.81. The number of alkyl halides is 3. The van der Waals surface area contributed by atoms with Gasteiger partial charge in [0.05, 0.1) is 11.1 Å².